The second kappa shape index (κ2) is 4.72. The predicted molar refractivity (Wildman–Crippen MR) is 66.4 cm³/mol. The van der Waals surface area contributed by atoms with Crippen molar-refractivity contribution in [3.8, 4) is 5.88 Å². The lowest BCUT2D eigenvalue weighted by atomic mass is 10.2. The van der Waals surface area contributed by atoms with Crippen molar-refractivity contribution in [1.82, 2.24) is 4.98 Å². The molecule has 0 aliphatic carbocycles. The molecule has 0 saturated heterocycles. The van der Waals surface area contributed by atoms with E-state index in [0.717, 1.165) is 11.1 Å². The zero-order valence-electron chi connectivity index (χ0n) is 8.92. The molecule has 0 spiro atoms. The minimum atomic E-state index is -2.57. The Kier molecular flexibility index (Phi) is 3.50. The van der Waals surface area contributed by atoms with Crippen LogP contribution in [0.15, 0.2) is 24.9 Å². The second-order valence-electron chi connectivity index (χ2n) is 3.39. The molecule has 0 saturated carbocycles. The molecule has 0 radical (unpaired) electrons. The number of fused-ring (bicyclic) bond motifs is 1. The van der Waals surface area contributed by atoms with Crippen LogP contribution in [0.5, 0.6) is 5.88 Å². The van der Waals surface area contributed by atoms with Gasteiger partial charge < -0.3 is 0 Å². The molecule has 0 fully saturated rings. The number of hydrogen-bond donors (Lipinski definition) is 1. The van der Waals surface area contributed by atoms with E-state index in [0.29, 0.717) is 19.1 Å². The summed E-state index contributed by atoms with van der Waals surface area (Å²) in [5.41, 5.74) is 2.00. The summed E-state index contributed by atoms with van der Waals surface area (Å²) in [5, 5.41) is 0. The van der Waals surface area contributed by atoms with E-state index in [9.17, 15) is 0 Å². The van der Waals surface area contributed by atoms with Crippen molar-refractivity contribution in [2.75, 3.05) is 6.61 Å². The van der Waals surface area contributed by atoms with Crippen LogP contribution in [0.1, 0.15) is 11.1 Å². The molecule has 1 aliphatic heterocycles. The number of rotatable bonds is 3. The van der Waals surface area contributed by atoms with Crippen LogP contribution in [-0.2, 0) is 15.7 Å². The fraction of sp³-hybridized carbons (Fsp3) is 0.300. The number of pyridine rings is 1. The first-order valence-electron chi connectivity index (χ1n) is 4.80. The molecule has 6 heteroatoms. The highest BCUT2D eigenvalue weighted by molar-refractivity contribution is 8.47. The Morgan fingerprint density at radius 3 is 3.31 bits per heavy atom. The molecule has 0 amide bonds. The monoisotopic (exact) mass is 258 g/mol. The number of aryl methyl sites for hydroxylation is 1. The van der Waals surface area contributed by atoms with Crippen LogP contribution in [0, 0.1) is 6.92 Å². The first-order chi connectivity index (χ1) is 7.63. The third kappa shape index (κ3) is 2.55. The summed E-state index contributed by atoms with van der Waals surface area (Å²) in [4.78, 5) is 4.19. The van der Waals surface area contributed by atoms with Gasteiger partial charge in [-0.2, -0.15) is 9.05 Å². The molecule has 0 bridgehead atoms. The van der Waals surface area contributed by atoms with Crippen molar-refractivity contribution < 1.29 is 13.6 Å². The van der Waals surface area contributed by atoms with Gasteiger partial charge in [0.05, 0.1) is 5.56 Å². The number of aromatic nitrogens is 1. The van der Waals surface area contributed by atoms with Gasteiger partial charge >= 0.3 is 7.15 Å². The molecule has 0 aromatic carbocycles. The summed E-state index contributed by atoms with van der Waals surface area (Å²) in [6, 6.07) is 1.98. The molecule has 4 nitrogen and oxygen atoms in total. The second-order valence-corrected chi connectivity index (χ2v) is 6.50. The van der Waals surface area contributed by atoms with Gasteiger partial charge in [-0.05, 0) is 18.6 Å². The Hall–Kier alpha value is -0.610. The summed E-state index contributed by atoms with van der Waals surface area (Å²) in [7, 11) is -2.57. The van der Waals surface area contributed by atoms with Crippen LogP contribution in [0.4, 0.5) is 0 Å². The van der Waals surface area contributed by atoms with Crippen LogP contribution >= 0.6 is 19.4 Å². The van der Waals surface area contributed by atoms with E-state index in [1.165, 1.54) is 0 Å². The SMILES string of the molecule is C=CCO[P+]1(S)OCc2cc(C)cnc2O1. The van der Waals surface area contributed by atoms with Crippen molar-refractivity contribution in [2.45, 2.75) is 13.5 Å². The Labute approximate surface area is 100 Å². The number of hydrogen-bond acceptors (Lipinski definition) is 5. The van der Waals surface area contributed by atoms with E-state index in [2.05, 4.69) is 23.8 Å². The normalized spacial score (nSPS) is 23.4. The van der Waals surface area contributed by atoms with E-state index in [1.54, 1.807) is 12.3 Å². The van der Waals surface area contributed by atoms with E-state index in [4.69, 9.17) is 13.6 Å². The summed E-state index contributed by atoms with van der Waals surface area (Å²) in [6.07, 6.45) is 3.37. The Balaban J connectivity index is 2.16. The summed E-state index contributed by atoms with van der Waals surface area (Å²) < 4.78 is 16.4. The van der Waals surface area contributed by atoms with E-state index >= 15 is 0 Å². The fourth-order valence-corrected chi connectivity index (χ4v) is 3.06. The van der Waals surface area contributed by atoms with Crippen molar-refractivity contribution >= 4 is 19.4 Å². The highest BCUT2D eigenvalue weighted by Crippen LogP contribution is 2.68. The summed E-state index contributed by atoms with van der Waals surface area (Å²) in [6.45, 7) is 6.30. The van der Waals surface area contributed by atoms with Crippen LogP contribution in [-0.4, -0.2) is 11.6 Å². The molecule has 2 heterocycles. The van der Waals surface area contributed by atoms with Gasteiger partial charge in [0.1, 0.15) is 25.5 Å². The standard InChI is InChI=1S/C10H13NO3PS/c1-3-4-12-15(16)13-7-9-5-8(2)6-11-10(9)14-15/h3,5-6,16H,1,4,7H2,2H3/q+1. The Morgan fingerprint density at radius 2 is 2.56 bits per heavy atom. The van der Waals surface area contributed by atoms with E-state index in [-0.39, 0.29) is 0 Å². The third-order valence-electron chi connectivity index (χ3n) is 2.00. The highest BCUT2D eigenvalue weighted by Gasteiger charge is 2.47. The van der Waals surface area contributed by atoms with Gasteiger partial charge in [-0.15, -0.1) is 6.58 Å². The van der Waals surface area contributed by atoms with Crippen LogP contribution in [0.25, 0.3) is 0 Å². The van der Waals surface area contributed by atoms with Crippen molar-refractivity contribution in [3.05, 3.63) is 36.0 Å². The molecular weight excluding hydrogens is 245 g/mol. The zero-order valence-corrected chi connectivity index (χ0v) is 10.7. The van der Waals surface area contributed by atoms with Gasteiger partial charge in [0.25, 0.3) is 5.88 Å². The Morgan fingerprint density at radius 1 is 1.75 bits per heavy atom. The molecule has 1 atom stereocenters. The molecule has 1 unspecified atom stereocenters. The van der Waals surface area contributed by atoms with Gasteiger partial charge in [-0.3, -0.25) is 4.52 Å². The van der Waals surface area contributed by atoms with Gasteiger partial charge in [-0.25, -0.2) is 4.98 Å². The lowest BCUT2D eigenvalue weighted by Gasteiger charge is -2.21. The fourth-order valence-electron chi connectivity index (χ4n) is 1.30. The third-order valence-corrected chi connectivity index (χ3v) is 4.27. The molecule has 2 rings (SSSR count). The van der Waals surface area contributed by atoms with E-state index < -0.39 is 7.15 Å². The quantitative estimate of drug-likeness (QED) is 0.514. The average Bonchev–Trinajstić information content (AvgIpc) is 2.27. The first-order valence-corrected chi connectivity index (χ1v) is 7.49. The van der Waals surface area contributed by atoms with Crippen molar-refractivity contribution in [2.24, 2.45) is 0 Å². The average molecular weight is 258 g/mol. The lowest BCUT2D eigenvalue weighted by Crippen LogP contribution is -2.13. The van der Waals surface area contributed by atoms with Gasteiger partial charge in [-0.1, -0.05) is 6.08 Å². The number of thiol groups is 1. The molecule has 1 aromatic heterocycles. The zero-order chi connectivity index (χ0) is 11.6. The predicted octanol–water partition coefficient (Wildman–Crippen LogP) is 3.11. The topological polar surface area (TPSA) is 40.6 Å². The maximum absolute atomic E-state index is 5.55. The molecule has 1 aromatic rings. The lowest BCUT2D eigenvalue weighted by molar-refractivity contribution is 0.185. The summed E-state index contributed by atoms with van der Waals surface area (Å²) in [5.74, 6) is 0.546. The van der Waals surface area contributed by atoms with Crippen LogP contribution in [0.2, 0.25) is 0 Å². The minimum Gasteiger partial charge on any atom is -0.254 e. The Bertz CT molecular complexity index is 415. The minimum absolute atomic E-state index is 0.346. The summed E-state index contributed by atoms with van der Waals surface area (Å²) >= 11 is 4.29. The largest absolute Gasteiger partial charge is 0.524 e. The highest BCUT2D eigenvalue weighted by atomic mass is 32.7. The molecular formula is C10H13NO3PS+. The molecule has 86 valence electrons. The maximum Gasteiger partial charge on any atom is 0.524 e. The van der Waals surface area contributed by atoms with Crippen molar-refractivity contribution in [1.29, 1.82) is 0 Å². The van der Waals surface area contributed by atoms with Crippen molar-refractivity contribution in [3.63, 3.8) is 0 Å². The van der Waals surface area contributed by atoms with E-state index in [1.807, 2.05) is 13.0 Å². The molecule has 1 aliphatic rings. The van der Waals surface area contributed by atoms with Gasteiger partial charge in [0.2, 0.25) is 0 Å². The van der Waals surface area contributed by atoms with Crippen LogP contribution < -0.4 is 4.52 Å². The van der Waals surface area contributed by atoms with Gasteiger partial charge in [0, 0.05) is 6.20 Å². The number of nitrogens with zero attached hydrogens (tertiary/aromatic N) is 1. The first kappa shape index (κ1) is 11.9. The smallest absolute Gasteiger partial charge is 0.254 e. The molecule has 16 heavy (non-hydrogen) atoms. The molecule has 0 N–H and O–H groups in total. The van der Waals surface area contributed by atoms with Gasteiger partial charge in [0.15, 0.2) is 0 Å². The van der Waals surface area contributed by atoms with Crippen LogP contribution in [0.3, 0.4) is 0 Å². The maximum atomic E-state index is 5.55.